The summed E-state index contributed by atoms with van der Waals surface area (Å²) >= 11 is 1.91. The number of nitrogens with zero attached hydrogens (tertiary/aromatic N) is 2. The molecule has 0 amide bonds. The summed E-state index contributed by atoms with van der Waals surface area (Å²) in [6, 6.07) is 0. The van der Waals surface area contributed by atoms with E-state index < -0.39 is 0 Å². The standard InChI is InChI=1S/C14H27N3O2S.HI/c1-3-15-13(17-7-4-12(18)10-17)16-11-14(20-2)5-8-19-9-6-14;/h12,18H,3-11H2,1-2H3,(H,15,16);1H/t12-;/m1./s1. The quantitative estimate of drug-likeness (QED) is 0.404. The van der Waals surface area contributed by atoms with E-state index in [1.807, 2.05) is 11.8 Å². The topological polar surface area (TPSA) is 57.1 Å². The van der Waals surface area contributed by atoms with Gasteiger partial charge in [0.15, 0.2) is 5.96 Å². The molecule has 0 aliphatic carbocycles. The summed E-state index contributed by atoms with van der Waals surface area (Å²) in [7, 11) is 0. The summed E-state index contributed by atoms with van der Waals surface area (Å²) in [4.78, 5) is 7.01. The Morgan fingerprint density at radius 2 is 2.19 bits per heavy atom. The molecule has 0 aromatic carbocycles. The molecule has 7 heteroatoms. The van der Waals surface area contributed by atoms with Crippen molar-refractivity contribution in [3.8, 4) is 0 Å². The van der Waals surface area contributed by atoms with Gasteiger partial charge in [-0.1, -0.05) is 0 Å². The highest BCUT2D eigenvalue weighted by Gasteiger charge is 2.32. The number of halogens is 1. The Kier molecular flexibility index (Phi) is 8.66. The molecule has 0 aromatic heterocycles. The Morgan fingerprint density at radius 1 is 1.48 bits per heavy atom. The van der Waals surface area contributed by atoms with E-state index in [-0.39, 0.29) is 34.8 Å². The fourth-order valence-electron chi connectivity index (χ4n) is 2.75. The van der Waals surface area contributed by atoms with Crippen LogP contribution in [0, 0.1) is 0 Å². The van der Waals surface area contributed by atoms with Crippen LogP contribution < -0.4 is 5.32 Å². The second kappa shape index (κ2) is 9.42. The van der Waals surface area contributed by atoms with Crippen molar-refractivity contribution in [3.63, 3.8) is 0 Å². The molecule has 5 nitrogen and oxygen atoms in total. The van der Waals surface area contributed by atoms with Crippen LogP contribution in [-0.4, -0.2) is 72.5 Å². The molecule has 2 aliphatic heterocycles. The first-order valence-electron chi connectivity index (χ1n) is 7.53. The molecule has 0 radical (unpaired) electrons. The van der Waals surface area contributed by atoms with Gasteiger partial charge in [0.2, 0.25) is 0 Å². The zero-order chi connectivity index (χ0) is 14.4. The molecule has 2 aliphatic rings. The smallest absolute Gasteiger partial charge is 0.194 e. The van der Waals surface area contributed by atoms with Crippen molar-refractivity contribution >= 4 is 41.7 Å². The molecule has 2 rings (SSSR count). The fraction of sp³-hybridized carbons (Fsp3) is 0.929. The Morgan fingerprint density at radius 3 is 2.71 bits per heavy atom. The molecule has 2 saturated heterocycles. The van der Waals surface area contributed by atoms with Crippen molar-refractivity contribution in [1.29, 1.82) is 0 Å². The zero-order valence-corrected chi connectivity index (χ0v) is 16.2. The molecule has 2 N–H and O–H groups in total. The normalized spacial score (nSPS) is 25.6. The Bertz CT molecular complexity index is 338. The molecule has 0 saturated carbocycles. The SMILES string of the molecule is CCNC(=NCC1(SC)CCOCC1)N1CC[C@@H](O)C1.I. The van der Waals surface area contributed by atoms with Gasteiger partial charge in [0.05, 0.1) is 12.6 Å². The zero-order valence-electron chi connectivity index (χ0n) is 13.0. The number of β-amino-alcohol motifs (C(OH)–C–C–N with tert-alkyl or cyclic N) is 1. The fourth-order valence-corrected chi connectivity index (χ4v) is 3.52. The first-order chi connectivity index (χ1) is 9.69. The van der Waals surface area contributed by atoms with Gasteiger partial charge >= 0.3 is 0 Å². The molecular formula is C14H28IN3O2S. The Hall–Kier alpha value is 0.270. The molecule has 124 valence electrons. The van der Waals surface area contributed by atoms with E-state index in [1.54, 1.807) is 0 Å². The minimum atomic E-state index is -0.212. The molecular weight excluding hydrogens is 401 g/mol. The van der Waals surface area contributed by atoms with Crippen molar-refractivity contribution in [2.45, 2.75) is 37.0 Å². The lowest BCUT2D eigenvalue weighted by atomic mass is 9.99. The summed E-state index contributed by atoms with van der Waals surface area (Å²) < 4.78 is 5.69. The molecule has 21 heavy (non-hydrogen) atoms. The van der Waals surface area contributed by atoms with Crippen LogP contribution in [0.25, 0.3) is 0 Å². The van der Waals surface area contributed by atoms with Gasteiger partial charge in [0.25, 0.3) is 0 Å². The largest absolute Gasteiger partial charge is 0.391 e. The highest BCUT2D eigenvalue weighted by atomic mass is 127. The van der Waals surface area contributed by atoms with Crippen molar-refractivity contribution in [2.24, 2.45) is 4.99 Å². The average Bonchev–Trinajstić information content (AvgIpc) is 2.91. The lowest BCUT2D eigenvalue weighted by molar-refractivity contribution is 0.0793. The maximum atomic E-state index is 9.69. The van der Waals surface area contributed by atoms with Gasteiger partial charge in [-0.2, -0.15) is 11.8 Å². The molecule has 2 heterocycles. The average molecular weight is 429 g/mol. The van der Waals surface area contributed by atoms with Gasteiger partial charge in [-0.25, -0.2) is 0 Å². The van der Waals surface area contributed by atoms with Crippen LogP contribution in [-0.2, 0) is 4.74 Å². The Balaban J connectivity index is 0.00000220. The predicted molar refractivity (Wildman–Crippen MR) is 99.9 cm³/mol. The van der Waals surface area contributed by atoms with Crippen molar-refractivity contribution < 1.29 is 9.84 Å². The van der Waals surface area contributed by atoms with Crippen LogP contribution >= 0.6 is 35.7 Å². The first kappa shape index (κ1) is 19.3. The van der Waals surface area contributed by atoms with Crippen LogP contribution in [0.3, 0.4) is 0 Å². The lowest BCUT2D eigenvalue weighted by Crippen LogP contribution is -2.42. The number of ether oxygens (including phenoxy) is 1. The number of aliphatic hydroxyl groups excluding tert-OH is 1. The highest BCUT2D eigenvalue weighted by Crippen LogP contribution is 2.34. The molecule has 2 fully saturated rings. The van der Waals surface area contributed by atoms with Gasteiger partial charge in [0.1, 0.15) is 0 Å². The van der Waals surface area contributed by atoms with Crippen LogP contribution in [0.5, 0.6) is 0 Å². The highest BCUT2D eigenvalue weighted by molar-refractivity contribution is 14.0. The number of hydrogen-bond acceptors (Lipinski definition) is 4. The van der Waals surface area contributed by atoms with E-state index in [2.05, 4.69) is 23.4 Å². The van der Waals surface area contributed by atoms with E-state index in [0.717, 1.165) is 58.1 Å². The third-order valence-electron chi connectivity index (χ3n) is 4.15. The third kappa shape index (κ3) is 5.44. The van der Waals surface area contributed by atoms with Gasteiger partial charge in [0, 0.05) is 37.6 Å². The molecule has 0 spiro atoms. The predicted octanol–water partition coefficient (Wildman–Crippen LogP) is 1.55. The number of likely N-dealkylation sites (tertiary alicyclic amines) is 1. The minimum Gasteiger partial charge on any atom is -0.391 e. The number of guanidine groups is 1. The van der Waals surface area contributed by atoms with Crippen LogP contribution in [0.1, 0.15) is 26.2 Å². The lowest BCUT2D eigenvalue weighted by Gasteiger charge is -2.34. The van der Waals surface area contributed by atoms with E-state index in [0.29, 0.717) is 6.54 Å². The van der Waals surface area contributed by atoms with Gasteiger partial charge < -0.3 is 20.1 Å². The van der Waals surface area contributed by atoms with E-state index >= 15 is 0 Å². The summed E-state index contributed by atoms with van der Waals surface area (Å²) in [6.45, 7) is 7.04. The van der Waals surface area contributed by atoms with Crippen LogP contribution in [0.15, 0.2) is 4.99 Å². The maximum Gasteiger partial charge on any atom is 0.194 e. The summed E-state index contributed by atoms with van der Waals surface area (Å²) in [6.07, 6.45) is 4.94. The van der Waals surface area contributed by atoms with Crippen LogP contribution in [0.4, 0.5) is 0 Å². The number of nitrogens with one attached hydrogen (secondary N) is 1. The summed E-state index contributed by atoms with van der Waals surface area (Å²) in [5.74, 6) is 0.948. The monoisotopic (exact) mass is 429 g/mol. The second-order valence-electron chi connectivity index (χ2n) is 5.56. The summed E-state index contributed by atoms with van der Waals surface area (Å²) in [5, 5.41) is 13.0. The van der Waals surface area contributed by atoms with Crippen molar-refractivity contribution in [2.75, 3.05) is 45.6 Å². The number of aliphatic imine (C=N–C) groups is 1. The molecule has 1 atom stereocenters. The number of thioether (sulfide) groups is 1. The number of aliphatic hydroxyl groups is 1. The van der Waals surface area contributed by atoms with E-state index in [4.69, 9.17) is 9.73 Å². The van der Waals surface area contributed by atoms with Crippen LogP contribution in [0.2, 0.25) is 0 Å². The second-order valence-corrected chi connectivity index (χ2v) is 6.83. The maximum absolute atomic E-state index is 9.69. The minimum absolute atomic E-state index is 0. The summed E-state index contributed by atoms with van der Waals surface area (Å²) in [5.41, 5.74) is 0. The van der Waals surface area contributed by atoms with Gasteiger partial charge in [-0.05, 0) is 32.4 Å². The number of hydrogen-bond donors (Lipinski definition) is 2. The molecule has 0 bridgehead atoms. The first-order valence-corrected chi connectivity index (χ1v) is 8.76. The van der Waals surface area contributed by atoms with Crippen molar-refractivity contribution in [1.82, 2.24) is 10.2 Å². The van der Waals surface area contributed by atoms with E-state index in [9.17, 15) is 5.11 Å². The molecule has 0 unspecified atom stereocenters. The van der Waals surface area contributed by atoms with Crippen molar-refractivity contribution in [3.05, 3.63) is 0 Å². The van der Waals surface area contributed by atoms with Gasteiger partial charge in [-0.15, -0.1) is 24.0 Å². The van der Waals surface area contributed by atoms with Gasteiger partial charge in [-0.3, -0.25) is 4.99 Å². The molecule has 0 aromatic rings. The Labute approximate surface area is 149 Å². The third-order valence-corrected chi connectivity index (χ3v) is 5.56. The van der Waals surface area contributed by atoms with E-state index in [1.165, 1.54) is 0 Å². The number of rotatable bonds is 4.